The predicted molar refractivity (Wildman–Crippen MR) is 70.5 cm³/mol. The SMILES string of the molecule is COCCCCNCc1cnc2cc(C)nn2c1. The maximum Gasteiger partial charge on any atom is 0.155 e. The van der Waals surface area contributed by atoms with Crippen molar-refractivity contribution in [1.82, 2.24) is 19.9 Å². The summed E-state index contributed by atoms with van der Waals surface area (Å²) in [5, 5.41) is 7.75. The van der Waals surface area contributed by atoms with Crippen LogP contribution in [-0.4, -0.2) is 34.9 Å². The fraction of sp³-hybridized carbons (Fsp3) is 0.538. The Kier molecular flexibility index (Phi) is 4.66. The Morgan fingerprint density at radius 2 is 2.28 bits per heavy atom. The number of aryl methyl sites for hydroxylation is 1. The minimum atomic E-state index is 0.828. The third kappa shape index (κ3) is 3.51. The average Bonchev–Trinajstić information content (AvgIpc) is 2.73. The first-order valence-corrected chi connectivity index (χ1v) is 6.30. The lowest BCUT2D eigenvalue weighted by Gasteiger charge is -2.04. The van der Waals surface area contributed by atoms with E-state index < -0.39 is 0 Å². The quantitative estimate of drug-likeness (QED) is 0.755. The molecular weight excluding hydrogens is 228 g/mol. The Labute approximate surface area is 107 Å². The van der Waals surface area contributed by atoms with Crippen LogP contribution in [0.1, 0.15) is 24.1 Å². The highest BCUT2D eigenvalue weighted by Crippen LogP contribution is 2.04. The first kappa shape index (κ1) is 13.0. The molecule has 0 bridgehead atoms. The van der Waals surface area contributed by atoms with E-state index in [0.717, 1.165) is 49.4 Å². The molecule has 0 unspecified atom stereocenters. The molecule has 2 rings (SSSR count). The van der Waals surface area contributed by atoms with Crippen molar-refractivity contribution in [1.29, 1.82) is 0 Å². The number of rotatable bonds is 7. The van der Waals surface area contributed by atoms with Crippen molar-refractivity contribution in [2.75, 3.05) is 20.3 Å². The van der Waals surface area contributed by atoms with Crippen molar-refractivity contribution in [2.24, 2.45) is 0 Å². The molecule has 0 aliphatic rings. The van der Waals surface area contributed by atoms with Crippen molar-refractivity contribution in [3.05, 3.63) is 29.7 Å². The van der Waals surface area contributed by atoms with Gasteiger partial charge in [0.25, 0.3) is 0 Å². The van der Waals surface area contributed by atoms with E-state index >= 15 is 0 Å². The van der Waals surface area contributed by atoms with E-state index in [1.807, 2.05) is 29.9 Å². The molecule has 98 valence electrons. The molecule has 1 N–H and O–H groups in total. The topological polar surface area (TPSA) is 51.5 Å². The van der Waals surface area contributed by atoms with Gasteiger partial charge in [-0.2, -0.15) is 5.10 Å². The van der Waals surface area contributed by atoms with Crippen LogP contribution in [0.4, 0.5) is 0 Å². The van der Waals surface area contributed by atoms with Crippen LogP contribution in [0.2, 0.25) is 0 Å². The van der Waals surface area contributed by atoms with Gasteiger partial charge in [0.05, 0.1) is 5.69 Å². The smallest absolute Gasteiger partial charge is 0.155 e. The molecule has 0 atom stereocenters. The summed E-state index contributed by atoms with van der Waals surface area (Å²) in [6, 6.07) is 1.97. The Balaban J connectivity index is 1.80. The van der Waals surface area contributed by atoms with Crippen LogP contribution in [-0.2, 0) is 11.3 Å². The standard InChI is InChI=1S/C13H20N4O/c1-11-7-13-15-9-12(10-17(13)16-11)8-14-5-3-4-6-18-2/h7,9-10,14H,3-6,8H2,1-2H3. The van der Waals surface area contributed by atoms with Gasteiger partial charge in [-0.1, -0.05) is 0 Å². The van der Waals surface area contributed by atoms with Crippen LogP contribution in [0.15, 0.2) is 18.5 Å². The molecule has 0 amide bonds. The van der Waals surface area contributed by atoms with Crippen molar-refractivity contribution in [3.63, 3.8) is 0 Å². The fourth-order valence-corrected chi connectivity index (χ4v) is 1.85. The van der Waals surface area contributed by atoms with Crippen LogP contribution < -0.4 is 5.32 Å². The van der Waals surface area contributed by atoms with Crippen LogP contribution in [0.5, 0.6) is 0 Å². The number of ether oxygens (including phenoxy) is 1. The number of aromatic nitrogens is 3. The predicted octanol–water partition coefficient (Wildman–Crippen LogP) is 1.55. The minimum Gasteiger partial charge on any atom is -0.385 e. The van der Waals surface area contributed by atoms with Gasteiger partial charge in [0.2, 0.25) is 0 Å². The average molecular weight is 248 g/mol. The fourth-order valence-electron chi connectivity index (χ4n) is 1.85. The summed E-state index contributed by atoms with van der Waals surface area (Å²) >= 11 is 0. The lowest BCUT2D eigenvalue weighted by Crippen LogP contribution is -2.15. The molecule has 0 aromatic carbocycles. The molecule has 0 radical (unpaired) electrons. The second kappa shape index (κ2) is 6.47. The van der Waals surface area contributed by atoms with Gasteiger partial charge in [0, 0.05) is 44.3 Å². The third-order valence-electron chi connectivity index (χ3n) is 2.77. The van der Waals surface area contributed by atoms with E-state index in [0.29, 0.717) is 0 Å². The summed E-state index contributed by atoms with van der Waals surface area (Å²) in [5.74, 6) is 0. The Bertz CT molecular complexity index is 495. The number of methoxy groups -OCH3 is 1. The maximum atomic E-state index is 5.01. The van der Waals surface area contributed by atoms with E-state index in [2.05, 4.69) is 15.4 Å². The van der Waals surface area contributed by atoms with Gasteiger partial charge in [0.15, 0.2) is 5.65 Å². The summed E-state index contributed by atoms with van der Waals surface area (Å²) in [7, 11) is 1.74. The highest BCUT2D eigenvalue weighted by Gasteiger charge is 2.00. The second-order valence-electron chi connectivity index (χ2n) is 4.43. The number of fused-ring (bicyclic) bond motifs is 1. The summed E-state index contributed by atoms with van der Waals surface area (Å²) in [6.45, 7) is 4.64. The van der Waals surface area contributed by atoms with Crippen LogP contribution >= 0.6 is 0 Å². The van der Waals surface area contributed by atoms with Crippen LogP contribution in [0.25, 0.3) is 5.65 Å². The Morgan fingerprint density at radius 1 is 1.39 bits per heavy atom. The first-order chi connectivity index (χ1) is 8.79. The summed E-state index contributed by atoms with van der Waals surface area (Å²) in [6.07, 6.45) is 6.15. The molecule has 0 saturated carbocycles. The molecule has 5 nitrogen and oxygen atoms in total. The zero-order chi connectivity index (χ0) is 12.8. The van der Waals surface area contributed by atoms with Gasteiger partial charge in [-0.3, -0.25) is 0 Å². The van der Waals surface area contributed by atoms with Crippen molar-refractivity contribution in [3.8, 4) is 0 Å². The number of nitrogens with zero attached hydrogens (tertiary/aromatic N) is 3. The molecule has 0 aliphatic heterocycles. The van der Waals surface area contributed by atoms with Crippen LogP contribution in [0, 0.1) is 6.92 Å². The van der Waals surface area contributed by atoms with E-state index in [4.69, 9.17) is 4.74 Å². The molecule has 0 spiro atoms. The molecule has 0 aliphatic carbocycles. The molecular formula is C13H20N4O. The summed E-state index contributed by atoms with van der Waals surface area (Å²) in [4.78, 5) is 4.37. The van der Waals surface area contributed by atoms with Gasteiger partial charge in [-0.15, -0.1) is 0 Å². The Hall–Kier alpha value is -1.46. The van der Waals surface area contributed by atoms with E-state index in [-0.39, 0.29) is 0 Å². The highest BCUT2D eigenvalue weighted by molar-refractivity contribution is 5.38. The normalized spacial score (nSPS) is 11.2. The maximum absolute atomic E-state index is 5.01. The lowest BCUT2D eigenvalue weighted by atomic mass is 10.3. The second-order valence-corrected chi connectivity index (χ2v) is 4.43. The summed E-state index contributed by atoms with van der Waals surface area (Å²) < 4.78 is 6.84. The molecule has 0 saturated heterocycles. The zero-order valence-corrected chi connectivity index (χ0v) is 11.0. The van der Waals surface area contributed by atoms with Gasteiger partial charge >= 0.3 is 0 Å². The highest BCUT2D eigenvalue weighted by atomic mass is 16.5. The Morgan fingerprint density at radius 3 is 3.11 bits per heavy atom. The van der Waals surface area contributed by atoms with Crippen molar-refractivity contribution in [2.45, 2.75) is 26.3 Å². The van der Waals surface area contributed by atoms with Gasteiger partial charge in [-0.25, -0.2) is 9.50 Å². The van der Waals surface area contributed by atoms with E-state index in [1.165, 1.54) is 0 Å². The van der Waals surface area contributed by atoms with Crippen LogP contribution in [0.3, 0.4) is 0 Å². The number of nitrogens with one attached hydrogen (secondary N) is 1. The zero-order valence-electron chi connectivity index (χ0n) is 11.0. The monoisotopic (exact) mass is 248 g/mol. The first-order valence-electron chi connectivity index (χ1n) is 6.30. The largest absolute Gasteiger partial charge is 0.385 e. The minimum absolute atomic E-state index is 0.828. The summed E-state index contributed by atoms with van der Waals surface area (Å²) in [5.41, 5.74) is 3.04. The molecule has 18 heavy (non-hydrogen) atoms. The van der Waals surface area contributed by atoms with Gasteiger partial charge in [-0.05, 0) is 26.3 Å². The lowest BCUT2D eigenvalue weighted by molar-refractivity contribution is 0.192. The number of unbranched alkanes of at least 4 members (excludes halogenated alkanes) is 1. The van der Waals surface area contributed by atoms with Crippen molar-refractivity contribution >= 4 is 5.65 Å². The molecule has 2 heterocycles. The number of hydrogen-bond donors (Lipinski definition) is 1. The molecule has 2 aromatic heterocycles. The third-order valence-corrected chi connectivity index (χ3v) is 2.77. The molecule has 0 fully saturated rings. The van der Waals surface area contributed by atoms with E-state index in [1.54, 1.807) is 7.11 Å². The molecule has 2 aromatic rings. The van der Waals surface area contributed by atoms with Gasteiger partial charge < -0.3 is 10.1 Å². The molecule has 5 heteroatoms. The van der Waals surface area contributed by atoms with E-state index in [9.17, 15) is 0 Å². The van der Waals surface area contributed by atoms with Gasteiger partial charge in [0.1, 0.15) is 0 Å². The van der Waals surface area contributed by atoms with Crippen molar-refractivity contribution < 1.29 is 4.74 Å². The number of hydrogen-bond acceptors (Lipinski definition) is 4.